The fourth-order valence-electron chi connectivity index (χ4n) is 5.28. The van der Waals surface area contributed by atoms with E-state index in [2.05, 4.69) is 69.5 Å². The van der Waals surface area contributed by atoms with Gasteiger partial charge in [-0.25, -0.2) is 4.98 Å². The Balaban J connectivity index is 1.43. The molecule has 2 heterocycles. The second kappa shape index (κ2) is 9.80. The van der Waals surface area contributed by atoms with E-state index in [0.717, 1.165) is 52.8 Å². The lowest BCUT2D eigenvalue weighted by Gasteiger charge is -2.32. The van der Waals surface area contributed by atoms with Gasteiger partial charge in [0.2, 0.25) is 0 Å². The molecule has 1 atom stereocenters. The van der Waals surface area contributed by atoms with Crippen LogP contribution in [-0.2, 0) is 19.5 Å². The first-order valence-electron chi connectivity index (χ1n) is 12.4. The highest BCUT2D eigenvalue weighted by molar-refractivity contribution is 6.14. The number of anilines is 1. The molecule has 5 heteroatoms. The molecule has 1 N–H and O–H groups in total. The highest BCUT2D eigenvalue weighted by Crippen LogP contribution is 2.32. The molecule has 0 fully saturated rings. The number of carbonyl (C=O) groups excluding carboxylic acids is 1. The molecule has 5 nitrogen and oxygen atoms in total. The van der Waals surface area contributed by atoms with E-state index in [-0.39, 0.29) is 11.9 Å². The molecule has 36 heavy (non-hydrogen) atoms. The third-order valence-corrected chi connectivity index (χ3v) is 7.07. The summed E-state index contributed by atoms with van der Waals surface area (Å²) in [6.07, 6.45) is 4.46. The van der Waals surface area contributed by atoms with Crippen LogP contribution in [0.2, 0.25) is 0 Å². The number of hydrogen-bond donors (Lipinski definition) is 1. The molecule has 0 saturated carbocycles. The van der Waals surface area contributed by atoms with Crippen molar-refractivity contribution >= 4 is 22.4 Å². The maximum absolute atomic E-state index is 14.2. The molecule has 0 bridgehead atoms. The molecule has 6 rings (SSSR count). The lowest BCUT2D eigenvalue weighted by Crippen LogP contribution is -2.44. The van der Waals surface area contributed by atoms with Crippen molar-refractivity contribution in [3.63, 3.8) is 0 Å². The second-order valence-corrected chi connectivity index (χ2v) is 9.40. The number of H-pyrrole nitrogens is 1. The summed E-state index contributed by atoms with van der Waals surface area (Å²) in [6, 6.07) is 33.1. The zero-order valence-corrected chi connectivity index (χ0v) is 20.0. The monoisotopic (exact) mass is 472 g/mol. The van der Waals surface area contributed by atoms with Gasteiger partial charge in [-0.3, -0.25) is 9.69 Å². The van der Waals surface area contributed by atoms with Crippen LogP contribution in [-0.4, -0.2) is 33.4 Å². The number of amides is 1. The van der Waals surface area contributed by atoms with Gasteiger partial charge in [-0.1, -0.05) is 84.9 Å². The molecule has 1 aliphatic rings. The van der Waals surface area contributed by atoms with Crippen molar-refractivity contribution in [1.29, 1.82) is 0 Å². The first kappa shape index (κ1) is 22.3. The van der Waals surface area contributed by atoms with Gasteiger partial charge in [0, 0.05) is 48.8 Å². The Labute approximate surface area is 211 Å². The Morgan fingerprint density at radius 2 is 1.67 bits per heavy atom. The van der Waals surface area contributed by atoms with Crippen LogP contribution >= 0.6 is 0 Å². The van der Waals surface area contributed by atoms with Crippen molar-refractivity contribution < 1.29 is 4.79 Å². The van der Waals surface area contributed by atoms with E-state index in [4.69, 9.17) is 0 Å². The molecular formula is C31H28N4O. The minimum Gasteiger partial charge on any atom is -0.347 e. The van der Waals surface area contributed by atoms with Crippen molar-refractivity contribution in [2.45, 2.75) is 25.6 Å². The first-order chi connectivity index (χ1) is 17.8. The average Bonchev–Trinajstić information content (AvgIpc) is 3.39. The number of nitrogens with one attached hydrogen (secondary N) is 1. The predicted molar refractivity (Wildman–Crippen MR) is 144 cm³/mol. The Hall–Kier alpha value is -4.22. The normalized spacial score (nSPS) is 16.0. The van der Waals surface area contributed by atoms with Crippen molar-refractivity contribution in [3.05, 3.63) is 132 Å². The quantitative estimate of drug-likeness (QED) is 0.350. The summed E-state index contributed by atoms with van der Waals surface area (Å²) in [7, 11) is 0. The number of para-hydroxylation sites is 1. The summed E-state index contributed by atoms with van der Waals surface area (Å²) in [5.74, 6) is 0.0423. The number of carbonyl (C=O) groups is 1. The van der Waals surface area contributed by atoms with Crippen LogP contribution in [0.4, 0.5) is 5.69 Å². The summed E-state index contributed by atoms with van der Waals surface area (Å²) >= 11 is 0. The van der Waals surface area contributed by atoms with Gasteiger partial charge in [-0.15, -0.1) is 0 Å². The van der Waals surface area contributed by atoms with Crippen LogP contribution in [0.1, 0.15) is 27.2 Å². The fraction of sp³-hybridized carbons (Fsp3) is 0.161. The largest absolute Gasteiger partial charge is 0.347 e. The number of hydrogen-bond acceptors (Lipinski definition) is 3. The van der Waals surface area contributed by atoms with Gasteiger partial charge in [-0.05, 0) is 40.5 Å². The molecule has 0 saturated heterocycles. The summed E-state index contributed by atoms with van der Waals surface area (Å²) in [5, 5.41) is 2.06. The zero-order valence-electron chi connectivity index (χ0n) is 20.0. The van der Waals surface area contributed by atoms with E-state index in [0.29, 0.717) is 6.54 Å². The molecule has 0 aliphatic carbocycles. The zero-order chi connectivity index (χ0) is 24.3. The SMILES string of the molecule is O=C(c1cccc2ccccc12)N1CC(Cc2ccccc2)N(Cc2cnc[nH]2)Cc2ccccc21. The Morgan fingerprint density at radius 1 is 0.889 bits per heavy atom. The van der Waals surface area contributed by atoms with E-state index in [9.17, 15) is 4.79 Å². The Bertz CT molecular complexity index is 1470. The second-order valence-electron chi connectivity index (χ2n) is 9.40. The van der Waals surface area contributed by atoms with Crippen molar-refractivity contribution in [2.75, 3.05) is 11.4 Å². The standard InChI is InChI=1S/C31H28N4O/c36-31(29-15-8-13-24-11-4-6-14-28(24)29)35-21-27(17-23-9-2-1-3-10-23)34(20-26-18-32-22-33-26)19-25-12-5-7-16-30(25)35/h1-16,18,22,27H,17,19-21H2,(H,32,33). The van der Waals surface area contributed by atoms with Crippen LogP contribution < -0.4 is 4.90 Å². The van der Waals surface area contributed by atoms with Crippen LogP contribution in [0.15, 0.2) is 110 Å². The Morgan fingerprint density at radius 3 is 2.53 bits per heavy atom. The van der Waals surface area contributed by atoms with Gasteiger partial charge in [0.1, 0.15) is 0 Å². The maximum atomic E-state index is 14.2. The molecule has 5 aromatic rings. The lowest BCUT2D eigenvalue weighted by molar-refractivity contribution is 0.0976. The topological polar surface area (TPSA) is 52.2 Å². The predicted octanol–water partition coefficient (Wildman–Crippen LogP) is 5.84. The number of aromatic amines is 1. The van der Waals surface area contributed by atoms with E-state index in [1.54, 1.807) is 6.33 Å². The third-order valence-electron chi connectivity index (χ3n) is 7.07. The molecule has 1 aromatic heterocycles. The van der Waals surface area contributed by atoms with E-state index >= 15 is 0 Å². The van der Waals surface area contributed by atoms with Crippen LogP contribution in [0.5, 0.6) is 0 Å². The minimum absolute atomic E-state index is 0.0423. The molecule has 0 radical (unpaired) electrons. The third kappa shape index (κ3) is 4.41. The molecule has 178 valence electrons. The van der Waals surface area contributed by atoms with Gasteiger partial charge >= 0.3 is 0 Å². The smallest absolute Gasteiger partial charge is 0.258 e. The fourth-order valence-corrected chi connectivity index (χ4v) is 5.28. The van der Waals surface area contributed by atoms with Gasteiger partial charge in [0.25, 0.3) is 5.91 Å². The number of benzene rings is 4. The average molecular weight is 473 g/mol. The van der Waals surface area contributed by atoms with E-state index < -0.39 is 0 Å². The van der Waals surface area contributed by atoms with Crippen LogP contribution in [0, 0.1) is 0 Å². The number of fused-ring (bicyclic) bond motifs is 2. The maximum Gasteiger partial charge on any atom is 0.258 e. The molecular weight excluding hydrogens is 444 g/mol. The molecule has 1 amide bonds. The van der Waals surface area contributed by atoms with Gasteiger partial charge in [-0.2, -0.15) is 0 Å². The number of nitrogens with zero attached hydrogens (tertiary/aromatic N) is 3. The molecule has 1 aliphatic heterocycles. The van der Waals surface area contributed by atoms with Crippen LogP contribution in [0.25, 0.3) is 10.8 Å². The first-order valence-corrected chi connectivity index (χ1v) is 12.4. The van der Waals surface area contributed by atoms with E-state index in [1.165, 1.54) is 5.56 Å². The molecule has 4 aromatic carbocycles. The summed E-state index contributed by atoms with van der Waals surface area (Å²) in [4.78, 5) is 26.2. The van der Waals surface area contributed by atoms with Gasteiger partial charge < -0.3 is 9.88 Å². The molecule has 0 spiro atoms. The van der Waals surface area contributed by atoms with Crippen molar-refractivity contribution in [1.82, 2.24) is 14.9 Å². The van der Waals surface area contributed by atoms with Crippen LogP contribution in [0.3, 0.4) is 0 Å². The highest BCUT2D eigenvalue weighted by atomic mass is 16.2. The highest BCUT2D eigenvalue weighted by Gasteiger charge is 2.32. The molecule has 1 unspecified atom stereocenters. The lowest BCUT2D eigenvalue weighted by atomic mass is 10.0. The van der Waals surface area contributed by atoms with E-state index in [1.807, 2.05) is 53.6 Å². The summed E-state index contributed by atoms with van der Waals surface area (Å²) in [6.45, 7) is 2.09. The van der Waals surface area contributed by atoms with Crippen molar-refractivity contribution in [3.8, 4) is 0 Å². The van der Waals surface area contributed by atoms with Gasteiger partial charge in [0.15, 0.2) is 0 Å². The summed E-state index contributed by atoms with van der Waals surface area (Å²) in [5.41, 5.74) is 5.21. The number of aromatic nitrogens is 2. The number of rotatable bonds is 5. The van der Waals surface area contributed by atoms with Crippen molar-refractivity contribution in [2.24, 2.45) is 0 Å². The van der Waals surface area contributed by atoms with Gasteiger partial charge in [0.05, 0.1) is 6.33 Å². The number of imidazole rings is 1. The Kier molecular flexibility index (Phi) is 6.06. The minimum atomic E-state index is 0.0423. The summed E-state index contributed by atoms with van der Waals surface area (Å²) < 4.78 is 0.